The van der Waals surface area contributed by atoms with E-state index >= 15 is 0 Å². The number of aromatic carboxylic acids is 1. The van der Waals surface area contributed by atoms with E-state index in [-0.39, 0.29) is 11.6 Å². The molecule has 0 radical (unpaired) electrons. The number of ether oxygens (including phenoxy) is 1. The molecule has 0 unspecified atom stereocenters. The van der Waals surface area contributed by atoms with Crippen molar-refractivity contribution in [3.05, 3.63) is 29.8 Å². The van der Waals surface area contributed by atoms with Crippen LogP contribution in [0.15, 0.2) is 24.3 Å². The van der Waals surface area contributed by atoms with Crippen LogP contribution >= 0.6 is 0 Å². The lowest BCUT2D eigenvalue weighted by molar-refractivity contribution is 0.0697. The summed E-state index contributed by atoms with van der Waals surface area (Å²) in [5, 5.41) is 14.1. The van der Waals surface area contributed by atoms with E-state index in [0.29, 0.717) is 31.4 Å². The second-order valence-corrected chi connectivity index (χ2v) is 5.09. The van der Waals surface area contributed by atoms with Gasteiger partial charge in [0.05, 0.1) is 5.56 Å². The maximum atomic E-state index is 11.6. The molecule has 0 aliphatic carbocycles. The number of hydrogen-bond donors (Lipinski definition) is 3. The van der Waals surface area contributed by atoms with Crippen molar-refractivity contribution in [1.29, 1.82) is 0 Å². The Balaban J connectivity index is 2.24. The zero-order valence-electron chi connectivity index (χ0n) is 12.4. The lowest BCUT2D eigenvalue weighted by atomic mass is 10.2. The summed E-state index contributed by atoms with van der Waals surface area (Å²) in [5.41, 5.74) is 0.582. The number of hydrogen-bond acceptors (Lipinski definition) is 3. The Hall–Kier alpha value is -2.08. The van der Waals surface area contributed by atoms with Crippen LogP contribution < -0.4 is 10.6 Å². The zero-order valence-corrected chi connectivity index (χ0v) is 12.4. The average molecular weight is 294 g/mol. The molecule has 0 saturated heterocycles. The summed E-state index contributed by atoms with van der Waals surface area (Å²) in [4.78, 5) is 22.4. The van der Waals surface area contributed by atoms with E-state index in [1.165, 1.54) is 12.1 Å². The van der Waals surface area contributed by atoms with Crippen molar-refractivity contribution in [2.24, 2.45) is 5.92 Å². The maximum Gasteiger partial charge on any atom is 0.335 e. The largest absolute Gasteiger partial charge is 0.478 e. The molecule has 6 nitrogen and oxygen atoms in total. The lowest BCUT2D eigenvalue weighted by Gasteiger charge is -2.09. The van der Waals surface area contributed by atoms with E-state index in [9.17, 15) is 9.59 Å². The van der Waals surface area contributed by atoms with E-state index in [1.807, 2.05) is 0 Å². The van der Waals surface area contributed by atoms with E-state index < -0.39 is 5.97 Å². The number of carbonyl (C=O) groups is 2. The Kier molecular flexibility index (Phi) is 7.25. The van der Waals surface area contributed by atoms with Gasteiger partial charge < -0.3 is 20.5 Å². The molecule has 1 rings (SSSR count). The normalized spacial score (nSPS) is 10.4. The highest BCUT2D eigenvalue weighted by Crippen LogP contribution is 2.10. The second-order valence-electron chi connectivity index (χ2n) is 5.09. The second kappa shape index (κ2) is 8.97. The summed E-state index contributed by atoms with van der Waals surface area (Å²) in [6.07, 6.45) is 0.731. The molecule has 0 atom stereocenters. The summed E-state index contributed by atoms with van der Waals surface area (Å²) in [6.45, 7) is 5.98. The number of carboxylic acid groups (broad SMARTS) is 1. The van der Waals surface area contributed by atoms with Gasteiger partial charge in [0.1, 0.15) is 0 Å². The van der Waals surface area contributed by atoms with Crippen molar-refractivity contribution in [3.63, 3.8) is 0 Å². The quantitative estimate of drug-likeness (QED) is 0.643. The molecule has 6 heteroatoms. The van der Waals surface area contributed by atoms with Gasteiger partial charge >= 0.3 is 12.0 Å². The third-order valence-electron chi connectivity index (χ3n) is 2.57. The minimum absolute atomic E-state index is 0.134. The van der Waals surface area contributed by atoms with Crippen LogP contribution in [0.2, 0.25) is 0 Å². The van der Waals surface area contributed by atoms with Crippen molar-refractivity contribution in [2.75, 3.05) is 25.1 Å². The van der Waals surface area contributed by atoms with E-state index in [4.69, 9.17) is 9.84 Å². The van der Waals surface area contributed by atoms with Crippen LogP contribution in [0.1, 0.15) is 30.6 Å². The van der Waals surface area contributed by atoms with Crippen LogP contribution in [0.3, 0.4) is 0 Å². The molecule has 0 bridgehead atoms. The summed E-state index contributed by atoms with van der Waals surface area (Å²) >= 11 is 0. The number of amides is 2. The first kappa shape index (κ1) is 17.0. The smallest absolute Gasteiger partial charge is 0.335 e. The zero-order chi connectivity index (χ0) is 15.7. The number of benzene rings is 1. The molecule has 116 valence electrons. The molecule has 1 aromatic rings. The lowest BCUT2D eigenvalue weighted by Crippen LogP contribution is -2.30. The Morgan fingerprint density at radius 3 is 2.76 bits per heavy atom. The fraction of sp³-hybridized carbons (Fsp3) is 0.467. The van der Waals surface area contributed by atoms with Crippen LogP contribution in [0.4, 0.5) is 10.5 Å². The van der Waals surface area contributed by atoms with Crippen LogP contribution in [0.5, 0.6) is 0 Å². The molecule has 0 aliphatic heterocycles. The Morgan fingerprint density at radius 2 is 2.10 bits per heavy atom. The topological polar surface area (TPSA) is 87.7 Å². The Labute approximate surface area is 124 Å². The minimum atomic E-state index is -1.03. The number of carboxylic acids is 1. The number of rotatable bonds is 8. The van der Waals surface area contributed by atoms with Crippen molar-refractivity contribution in [2.45, 2.75) is 20.3 Å². The average Bonchev–Trinajstić information content (AvgIpc) is 2.42. The SMILES string of the molecule is CC(C)COCCCNC(=O)Nc1cccc(C(=O)O)c1. The van der Waals surface area contributed by atoms with Crippen LogP contribution in [-0.2, 0) is 4.74 Å². The number of carbonyl (C=O) groups excluding carboxylic acids is 1. The molecular formula is C15H22N2O4. The predicted octanol–water partition coefficient (Wildman–Crippen LogP) is 2.57. The first-order valence-electron chi connectivity index (χ1n) is 6.95. The van der Waals surface area contributed by atoms with Gasteiger partial charge in [0.25, 0.3) is 0 Å². The van der Waals surface area contributed by atoms with Crippen molar-refractivity contribution in [1.82, 2.24) is 5.32 Å². The number of urea groups is 1. The maximum absolute atomic E-state index is 11.6. The van der Waals surface area contributed by atoms with Gasteiger partial charge in [-0.2, -0.15) is 0 Å². The summed E-state index contributed by atoms with van der Waals surface area (Å²) in [6, 6.07) is 5.74. The van der Waals surface area contributed by atoms with Crippen molar-refractivity contribution in [3.8, 4) is 0 Å². The van der Waals surface area contributed by atoms with Gasteiger partial charge in [0, 0.05) is 25.4 Å². The van der Waals surface area contributed by atoms with E-state index in [0.717, 1.165) is 6.42 Å². The first-order chi connectivity index (χ1) is 9.99. The third kappa shape index (κ3) is 7.31. The summed E-state index contributed by atoms with van der Waals surface area (Å²) in [5.74, 6) is -0.524. The molecule has 1 aromatic carbocycles. The standard InChI is InChI=1S/C15H22N2O4/c1-11(2)10-21-8-4-7-16-15(20)17-13-6-3-5-12(9-13)14(18)19/h3,5-6,9,11H,4,7-8,10H2,1-2H3,(H,18,19)(H2,16,17,20). The van der Waals surface area contributed by atoms with Gasteiger partial charge in [-0.15, -0.1) is 0 Å². The van der Waals surface area contributed by atoms with Crippen LogP contribution in [0, 0.1) is 5.92 Å². The van der Waals surface area contributed by atoms with Gasteiger partial charge in [-0.1, -0.05) is 19.9 Å². The van der Waals surface area contributed by atoms with Crippen molar-refractivity contribution >= 4 is 17.7 Å². The van der Waals surface area contributed by atoms with E-state index in [1.54, 1.807) is 12.1 Å². The highest BCUT2D eigenvalue weighted by molar-refractivity contribution is 5.93. The van der Waals surface area contributed by atoms with Crippen molar-refractivity contribution < 1.29 is 19.4 Å². The van der Waals surface area contributed by atoms with Gasteiger partial charge in [-0.25, -0.2) is 9.59 Å². The van der Waals surface area contributed by atoms with E-state index in [2.05, 4.69) is 24.5 Å². The summed E-state index contributed by atoms with van der Waals surface area (Å²) < 4.78 is 5.40. The van der Waals surface area contributed by atoms with Crippen LogP contribution in [0.25, 0.3) is 0 Å². The molecule has 2 amide bonds. The fourth-order valence-electron chi connectivity index (χ4n) is 1.60. The third-order valence-corrected chi connectivity index (χ3v) is 2.57. The van der Waals surface area contributed by atoms with Gasteiger partial charge in [0.2, 0.25) is 0 Å². The molecular weight excluding hydrogens is 272 g/mol. The van der Waals surface area contributed by atoms with Gasteiger partial charge in [-0.3, -0.25) is 0 Å². The number of anilines is 1. The monoisotopic (exact) mass is 294 g/mol. The first-order valence-corrected chi connectivity index (χ1v) is 6.95. The Bertz CT molecular complexity index is 474. The molecule has 0 saturated carbocycles. The molecule has 0 fully saturated rings. The molecule has 0 aromatic heterocycles. The fourth-order valence-corrected chi connectivity index (χ4v) is 1.60. The minimum Gasteiger partial charge on any atom is -0.478 e. The highest BCUT2D eigenvalue weighted by Gasteiger charge is 2.05. The van der Waals surface area contributed by atoms with Gasteiger partial charge in [0.15, 0.2) is 0 Å². The highest BCUT2D eigenvalue weighted by atomic mass is 16.5. The Morgan fingerprint density at radius 1 is 1.33 bits per heavy atom. The van der Waals surface area contributed by atoms with Gasteiger partial charge in [-0.05, 0) is 30.5 Å². The molecule has 0 heterocycles. The predicted molar refractivity (Wildman–Crippen MR) is 80.7 cm³/mol. The molecule has 21 heavy (non-hydrogen) atoms. The molecule has 3 N–H and O–H groups in total. The number of nitrogens with one attached hydrogen (secondary N) is 2. The van der Waals surface area contributed by atoms with Crippen LogP contribution in [-0.4, -0.2) is 36.9 Å². The summed E-state index contributed by atoms with van der Waals surface area (Å²) in [7, 11) is 0. The molecule has 0 spiro atoms. The molecule has 0 aliphatic rings.